The summed E-state index contributed by atoms with van der Waals surface area (Å²) in [5.74, 6) is 2.90. The average Bonchev–Trinajstić information content (AvgIpc) is 2.78. The Morgan fingerprint density at radius 1 is 0.393 bits per heavy atom. The summed E-state index contributed by atoms with van der Waals surface area (Å²) in [7, 11) is 0. The molecule has 6 atom stereocenters. The molecular formula is C25H45BN2. The molecule has 2 saturated heterocycles. The first-order chi connectivity index (χ1) is 13.9. The molecule has 0 bridgehead atoms. The second-order valence-corrected chi connectivity index (χ2v) is 11.2. The summed E-state index contributed by atoms with van der Waals surface area (Å²) in [6, 6.07) is 3.32. The van der Waals surface area contributed by atoms with Crippen molar-refractivity contribution in [2.75, 3.05) is 0 Å². The summed E-state index contributed by atoms with van der Waals surface area (Å²) in [6.45, 7) is 1.03. The van der Waals surface area contributed by atoms with Crippen LogP contribution >= 0.6 is 0 Å². The maximum Gasteiger partial charge on any atom is 0.156 e. The molecule has 5 aliphatic rings. The van der Waals surface area contributed by atoms with Crippen LogP contribution in [0.1, 0.15) is 116 Å². The van der Waals surface area contributed by atoms with Gasteiger partial charge in [0, 0.05) is 24.2 Å². The van der Waals surface area contributed by atoms with Crippen LogP contribution in [-0.2, 0) is 0 Å². The number of nitrogens with one attached hydrogen (secondary N) is 2. The third kappa shape index (κ3) is 4.09. The van der Waals surface area contributed by atoms with Gasteiger partial charge in [0.2, 0.25) is 0 Å². The smallest absolute Gasteiger partial charge is 0.156 e. The Balaban J connectivity index is 1.48. The third-order valence-corrected chi connectivity index (χ3v) is 9.64. The van der Waals surface area contributed by atoms with Gasteiger partial charge in [-0.3, -0.25) is 0 Å². The van der Waals surface area contributed by atoms with Gasteiger partial charge >= 0.3 is 0 Å². The molecule has 28 heavy (non-hydrogen) atoms. The van der Waals surface area contributed by atoms with Crippen LogP contribution in [-0.4, -0.2) is 30.9 Å². The van der Waals surface area contributed by atoms with E-state index in [9.17, 15) is 0 Å². The summed E-state index contributed by atoms with van der Waals surface area (Å²) < 4.78 is 0. The summed E-state index contributed by atoms with van der Waals surface area (Å²) in [6.07, 6.45) is 26.8. The third-order valence-electron chi connectivity index (χ3n) is 9.64. The maximum absolute atomic E-state index is 4.32. The fourth-order valence-electron chi connectivity index (χ4n) is 8.47. The van der Waals surface area contributed by atoms with Gasteiger partial charge in [0.05, 0.1) is 0 Å². The molecule has 3 aliphatic carbocycles. The molecule has 0 aromatic rings. The lowest BCUT2D eigenvalue weighted by Gasteiger charge is -2.57. The monoisotopic (exact) mass is 384 g/mol. The zero-order valence-corrected chi connectivity index (χ0v) is 18.3. The van der Waals surface area contributed by atoms with Gasteiger partial charge in [0.15, 0.2) is 6.71 Å². The van der Waals surface area contributed by atoms with Gasteiger partial charge in [0.1, 0.15) is 0 Å². The lowest BCUT2D eigenvalue weighted by Crippen LogP contribution is -2.67. The van der Waals surface area contributed by atoms with Gasteiger partial charge in [-0.1, -0.05) is 89.9 Å². The maximum atomic E-state index is 4.32. The molecule has 0 amide bonds. The van der Waals surface area contributed by atoms with Gasteiger partial charge < -0.3 is 10.6 Å². The van der Waals surface area contributed by atoms with Crippen LogP contribution in [0.4, 0.5) is 0 Å². The van der Waals surface area contributed by atoms with E-state index < -0.39 is 0 Å². The molecule has 2 aliphatic heterocycles. The second-order valence-electron chi connectivity index (χ2n) is 11.2. The van der Waals surface area contributed by atoms with E-state index in [0.717, 1.165) is 48.3 Å². The molecule has 3 saturated carbocycles. The lowest BCUT2D eigenvalue weighted by molar-refractivity contribution is 0.245. The summed E-state index contributed by atoms with van der Waals surface area (Å²) in [4.78, 5) is 0. The van der Waals surface area contributed by atoms with Crippen LogP contribution in [0, 0.1) is 0 Å². The van der Waals surface area contributed by atoms with E-state index in [2.05, 4.69) is 10.6 Å². The van der Waals surface area contributed by atoms with Gasteiger partial charge in [-0.2, -0.15) is 0 Å². The van der Waals surface area contributed by atoms with Gasteiger partial charge in [-0.15, -0.1) is 0 Å². The zero-order valence-electron chi connectivity index (χ0n) is 18.3. The van der Waals surface area contributed by atoms with Crippen LogP contribution in [0.5, 0.6) is 0 Å². The Morgan fingerprint density at radius 3 is 1.25 bits per heavy atom. The minimum Gasteiger partial charge on any atom is -0.312 e. The summed E-state index contributed by atoms with van der Waals surface area (Å²) in [5, 5.41) is 8.63. The normalized spacial score (nSPS) is 45.4. The number of fused-ring (bicyclic) bond motifs is 4. The van der Waals surface area contributed by atoms with Crippen LogP contribution in [0.3, 0.4) is 0 Å². The van der Waals surface area contributed by atoms with E-state index in [1.54, 1.807) is 0 Å². The highest BCUT2D eigenvalue weighted by Crippen LogP contribution is 2.53. The van der Waals surface area contributed by atoms with Crippen LogP contribution in [0.15, 0.2) is 0 Å². The number of hydrogen-bond donors (Lipinski definition) is 2. The first-order valence-electron chi connectivity index (χ1n) is 13.4. The topological polar surface area (TPSA) is 24.1 Å². The Labute approximate surface area is 174 Å². The second kappa shape index (κ2) is 9.42. The predicted molar refractivity (Wildman–Crippen MR) is 122 cm³/mol. The van der Waals surface area contributed by atoms with E-state index in [0.29, 0.717) is 0 Å². The highest BCUT2D eigenvalue weighted by molar-refractivity contribution is 6.65. The first-order valence-corrected chi connectivity index (χ1v) is 13.4. The van der Waals surface area contributed by atoms with Crippen molar-refractivity contribution in [1.82, 2.24) is 10.6 Å². The molecule has 2 N–H and O–H groups in total. The largest absolute Gasteiger partial charge is 0.312 e. The van der Waals surface area contributed by atoms with Crippen molar-refractivity contribution in [2.24, 2.45) is 0 Å². The Morgan fingerprint density at radius 2 is 0.750 bits per heavy atom. The van der Waals surface area contributed by atoms with Crippen molar-refractivity contribution in [3.63, 3.8) is 0 Å². The molecule has 0 spiro atoms. The Bertz CT molecular complexity index is 455. The molecule has 0 aromatic carbocycles. The Kier molecular flexibility index (Phi) is 6.70. The van der Waals surface area contributed by atoms with Gasteiger partial charge in [-0.05, 0) is 43.1 Å². The van der Waals surface area contributed by atoms with Crippen molar-refractivity contribution in [3.05, 3.63) is 0 Å². The first kappa shape index (κ1) is 19.9. The molecular weight excluding hydrogens is 339 g/mol. The summed E-state index contributed by atoms with van der Waals surface area (Å²) >= 11 is 0. The molecule has 0 aromatic heterocycles. The molecule has 158 valence electrons. The highest BCUT2D eigenvalue weighted by Gasteiger charge is 2.56. The van der Waals surface area contributed by atoms with Crippen molar-refractivity contribution in [2.45, 2.75) is 157 Å². The Hall–Kier alpha value is -0.0151. The molecule has 0 radical (unpaired) electrons. The van der Waals surface area contributed by atoms with Crippen molar-refractivity contribution >= 4 is 6.71 Å². The fraction of sp³-hybridized carbons (Fsp3) is 1.00. The van der Waals surface area contributed by atoms with Gasteiger partial charge in [-0.25, -0.2) is 0 Å². The van der Waals surface area contributed by atoms with Crippen LogP contribution in [0.25, 0.3) is 0 Å². The summed E-state index contributed by atoms with van der Waals surface area (Å²) in [5.41, 5.74) is 0. The number of hydrogen-bond acceptors (Lipinski definition) is 2. The van der Waals surface area contributed by atoms with E-state index in [4.69, 9.17) is 0 Å². The molecule has 6 unspecified atom stereocenters. The van der Waals surface area contributed by atoms with Gasteiger partial charge in [0.25, 0.3) is 0 Å². The lowest BCUT2D eigenvalue weighted by atomic mass is 9.20. The SMILES string of the molecule is C1CCCC2NC3CCCCC4NC5CCCCCCCC5B(C2CCC1)C34. The molecule has 5 rings (SSSR count). The minimum atomic E-state index is 0.820. The van der Waals surface area contributed by atoms with E-state index >= 15 is 0 Å². The molecule has 3 heteroatoms. The molecule has 5 fully saturated rings. The van der Waals surface area contributed by atoms with Crippen LogP contribution in [0.2, 0.25) is 17.5 Å². The van der Waals surface area contributed by atoms with Crippen molar-refractivity contribution < 1.29 is 0 Å². The number of rotatable bonds is 0. The standard InChI is InChI=1S/C25H45BN2/c1-3-7-13-19-21(15-9-5-1)27-23-17-11-12-18-24-25(23)26(19)20-14-8-4-2-6-10-16-22(20)28-24/h19-25,27-28H,1-18H2. The van der Waals surface area contributed by atoms with E-state index in [-0.39, 0.29) is 0 Å². The highest BCUT2D eigenvalue weighted by atomic mass is 15.0. The zero-order chi connectivity index (χ0) is 18.8. The van der Waals surface area contributed by atoms with E-state index in [1.165, 1.54) is 116 Å². The quantitative estimate of drug-likeness (QED) is 0.477. The van der Waals surface area contributed by atoms with Crippen molar-refractivity contribution in [1.29, 1.82) is 0 Å². The predicted octanol–water partition coefficient (Wildman–Crippen LogP) is 6.34. The average molecular weight is 384 g/mol. The molecule has 2 heterocycles. The van der Waals surface area contributed by atoms with E-state index in [1.807, 2.05) is 0 Å². The fourth-order valence-corrected chi connectivity index (χ4v) is 8.47. The molecule has 2 nitrogen and oxygen atoms in total. The minimum absolute atomic E-state index is 0.820. The van der Waals surface area contributed by atoms with Crippen molar-refractivity contribution in [3.8, 4) is 0 Å². The van der Waals surface area contributed by atoms with Crippen LogP contribution < -0.4 is 10.6 Å².